The van der Waals surface area contributed by atoms with Gasteiger partial charge in [-0.15, -0.1) is 0 Å². The predicted molar refractivity (Wildman–Crippen MR) is 68.1 cm³/mol. The first kappa shape index (κ1) is 12.0. The average Bonchev–Trinajstić information content (AvgIpc) is 2.33. The zero-order chi connectivity index (χ0) is 12.3. The minimum absolute atomic E-state index is 0.267. The molecule has 0 atom stereocenters. The molecule has 0 unspecified atom stereocenters. The number of rotatable bonds is 3. The molecule has 0 aliphatic heterocycles. The fourth-order valence-electron chi connectivity index (χ4n) is 1.45. The van der Waals surface area contributed by atoms with Gasteiger partial charge in [0.25, 0.3) is 0 Å². The van der Waals surface area contributed by atoms with Crippen LogP contribution in [0.1, 0.15) is 11.1 Å². The third-order valence-corrected chi connectivity index (χ3v) is 2.94. The average molecular weight is 296 g/mol. The molecule has 0 aliphatic carbocycles. The van der Waals surface area contributed by atoms with Crippen LogP contribution in [-0.4, -0.2) is 4.98 Å². The summed E-state index contributed by atoms with van der Waals surface area (Å²) >= 11 is 3.37. The topological polar surface area (TPSA) is 22.1 Å². The zero-order valence-electron chi connectivity index (χ0n) is 9.28. The Balaban J connectivity index is 2.31. The summed E-state index contributed by atoms with van der Waals surface area (Å²) in [7, 11) is 0. The molecule has 0 saturated carbocycles. The lowest BCUT2D eigenvalue weighted by atomic mass is 10.2. The lowest BCUT2D eigenvalue weighted by Crippen LogP contribution is -1.94. The van der Waals surface area contributed by atoms with E-state index in [2.05, 4.69) is 20.9 Å². The number of halogens is 2. The SMILES string of the molecule is Cc1cc(F)ccc1Oc1ncccc1CBr. The van der Waals surface area contributed by atoms with Gasteiger partial charge in [-0.3, -0.25) is 0 Å². The first-order valence-corrected chi connectivity index (χ1v) is 6.26. The van der Waals surface area contributed by atoms with Gasteiger partial charge in [-0.05, 0) is 36.8 Å². The number of alkyl halides is 1. The lowest BCUT2D eigenvalue weighted by molar-refractivity contribution is 0.453. The smallest absolute Gasteiger partial charge is 0.223 e. The normalized spacial score (nSPS) is 10.3. The van der Waals surface area contributed by atoms with Crippen molar-refractivity contribution >= 4 is 15.9 Å². The van der Waals surface area contributed by atoms with Gasteiger partial charge in [-0.2, -0.15) is 0 Å². The highest BCUT2D eigenvalue weighted by Gasteiger charge is 2.07. The molecule has 0 aliphatic rings. The van der Waals surface area contributed by atoms with Gasteiger partial charge in [-0.1, -0.05) is 22.0 Å². The van der Waals surface area contributed by atoms with E-state index in [1.165, 1.54) is 12.1 Å². The van der Waals surface area contributed by atoms with Gasteiger partial charge < -0.3 is 4.74 Å². The maximum absolute atomic E-state index is 13.0. The van der Waals surface area contributed by atoms with E-state index in [0.717, 1.165) is 11.1 Å². The minimum Gasteiger partial charge on any atom is -0.438 e. The Morgan fingerprint density at radius 2 is 2.18 bits per heavy atom. The Labute approximate surface area is 108 Å². The summed E-state index contributed by atoms with van der Waals surface area (Å²) in [5, 5.41) is 0.663. The van der Waals surface area contributed by atoms with Crippen LogP contribution in [0.3, 0.4) is 0 Å². The molecule has 0 bridgehead atoms. The van der Waals surface area contributed by atoms with Crippen molar-refractivity contribution in [1.29, 1.82) is 0 Å². The number of hydrogen-bond acceptors (Lipinski definition) is 2. The maximum atomic E-state index is 13.0. The first-order chi connectivity index (χ1) is 8.20. The highest BCUT2D eigenvalue weighted by molar-refractivity contribution is 9.08. The third-order valence-electron chi connectivity index (χ3n) is 2.34. The van der Waals surface area contributed by atoms with Crippen molar-refractivity contribution in [2.75, 3.05) is 0 Å². The molecule has 4 heteroatoms. The van der Waals surface area contributed by atoms with Crippen molar-refractivity contribution in [2.45, 2.75) is 12.3 Å². The molecule has 1 aromatic heterocycles. The van der Waals surface area contributed by atoms with Gasteiger partial charge in [0.2, 0.25) is 5.88 Å². The Morgan fingerprint density at radius 3 is 2.88 bits per heavy atom. The number of pyridine rings is 1. The summed E-state index contributed by atoms with van der Waals surface area (Å²) in [6.45, 7) is 1.80. The number of nitrogens with zero attached hydrogens (tertiary/aromatic N) is 1. The molecular formula is C13H11BrFNO. The number of aryl methyl sites for hydroxylation is 1. The standard InChI is InChI=1S/C13H11BrFNO/c1-9-7-11(15)4-5-12(9)17-13-10(8-14)3-2-6-16-13/h2-7H,8H2,1H3. The molecule has 2 nitrogen and oxygen atoms in total. The van der Waals surface area contributed by atoms with Crippen LogP contribution in [0.2, 0.25) is 0 Å². The predicted octanol–water partition coefficient (Wildman–Crippen LogP) is 4.22. The van der Waals surface area contributed by atoms with E-state index < -0.39 is 0 Å². The second-order valence-corrected chi connectivity index (χ2v) is 4.17. The number of aromatic nitrogens is 1. The lowest BCUT2D eigenvalue weighted by Gasteiger charge is -2.10. The highest BCUT2D eigenvalue weighted by atomic mass is 79.9. The largest absolute Gasteiger partial charge is 0.438 e. The van der Waals surface area contributed by atoms with Gasteiger partial charge in [-0.25, -0.2) is 9.37 Å². The molecule has 1 heterocycles. The maximum Gasteiger partial charge on any atom is 0.223 e. The second-order valence-electron chi connectivity index (χ2n) is 3.61. The van der Waals surface area contributed by atoms with Crippen molar-refractivity contribution in [3.05, 3.63) is 53.5 Å². The summed E-state index contributed by atoms with van der Waals surface area (Å²) in [6, 6.07) is 8.19. The summed E-state index contributed by atoms with van der Waals surface area (Å²) < 4.78 is 18.6. The van der Waals surface area contributed by atoms with Crippen LogP contribution in [0.5, 0.6) is 11.6 Å². The van der Waals surface area contributed by atoms with Gasteiger partial charge in [0.15, 0.2) is 0 Å². The van der Waals surface area contributed by atoms with Crippen molar-refractivity contribution in [2.24, 2.45) is 0 Å². The van der Waals surface area contributed by atoms with Crippen LogP contribution in [0.15, 0.2) is 36.5 Å². The van der Waals surface area contributed by atoms with E-state index in [0.29, 0.717) is 17.0 Å². The monoisotopic (exact) mass is 295 g/mol. The van der Waals surface area contributed by atoms with E-state index in [1.807, 2.05) is 12.1 Å². The third kappa shape index (κ3) is 2.82. The molecular weight excluding hydrogens is 285 g/mol. The van der Waals surface area contributed by atoms with Crippen molar-refractivity contribution in [3.63, 3.8) is 0 Å². The summed E-state index contributed by atoms with van der Waals surface area (Å²) in [6.07, 6.45) is 1.67. The summed E-state index contributed by atoms with van der Waals surface area (Å²) in [4.78, 5) is 4.16. The Kier molecular flexibility index (Phi) is 3.74. The van der Waals surface area contributed by atoms with Gasteiger partial charge >= 0.3 is 0 Å². The molecule has 0 amide bonds. The molecule has 0 spiro atoms. The van der Waals surface area contributed by atoms with Crippen LogP contribution in [-0.2, 0) is 5.33 Å². The van der Waals surface area contributed by atoms with E-state index in [4.69, 9.17) is 4.74 Å². The Hall–Kier alpha value is -1.42. The van der Waals surface area contributed by atoms with Gasteiger partial charge in [0.05, 0.1) is 0 Å². The molecule has 0 N–H and O–H groups in total. The molecule has 0 saturated heterocycles. The van der Waals surface area contributed by atoms with Crippen LogP contribution in [0.25, 0.3) is 0 Å². The van der Waals surface area contributed by atoms with Crippen LogP contribution < -0.4 is 4.74 Å². The van der Waals surface area contributed by atoms with Gasteiger partial charge in [0, 0.05) is 17.1 Å². The molecule has 0 radical (unpaired) electrons. The molecule has 0 fully saturated rings. The van der Waals surface area contributed by atoms with Crippen LogP contribution in [0, 0.1) is 12.7 Å². The van der Waals surface area contributed by atoms with Crippen LogP contribution >= 0.6 is 15.9 Å². The summed E-state index contributed by atoms with van der Waals surface area (Å²) in [5.41, 5.74) is 1.70. The van der Waals surface area contributed by atoms with Crippen molar-refractivity contribution in [3.8, 4) is 11.6 Å². The van der Waals surface area contributed by atoms with Crippen LogP contribution in [0.4, 0.5) is 4.39 Å². The van der Waals surface area contributed by atoms with Crippen molar-refractivity contribution in [1.82, 2.24) is 4.98 Å². The van der Waals surface area contributed by atoms with Gasteiger partial charge in [0.1, 0.15) is 11.6 Å². The fourth-order valence-corrected chi connectivity index (χ4v) is 1.88. The number of benzene rings is 1. The molecule has 88 valence electrons. The second kappa shape index (κ2) is 5.27. The van der Waals surface area contributed by atoms with E-state index in [-0.39, 0.29) is 5.82 Å². The first-order valence-electron chi connectivity index (χ1n) is 5.14. The Morgan fingerprint density at radius 1 is 1.35 bits per heavy atom. The summed E-state index contributed by atoms with van der Waals surface area (Å²) in [5.74, 6) is 0.892. The van der Waals surface area contributed by atoms with Crippen molar-refractivity contribution < 1.29 is 9.13 Å². The number of hydrogen-bond donors (Lipinski definition) is 0. The quantitative estimate of drug-likeness (QED) is 0.791. The molecule has 1 aromatic carbocycles. The highest BCUT2D eigenvalue weighted by Crippen LogP contribution is 2.27. The zero-order valence-corrected chi connectivity index (χ0v) is 10.9. The molecule has 2 aromatic rings. The van der Waals surface area contributed by atoms with E-state index >= 15 is 0 Å². The molecule has 17 heavy (non-hydrogen) atoms. The molecule has 2 rings (SSSR count). The van der Waals surface area contributed by atoms with E-state index in [9.17, 15) is 4.39 Å². The number of ether oxygens (including phenoxy) is 1. The fraction of sp³-hybridized carbons (Fsp3) is 0.154. The Bertz CT molecular complexity index is 531. The van der Waals surface area contributed by atoms with E-state index in [1.54, 1.807) is 19.2 Å². The minimum atomic E-state index is -0.267.